The number of rotatable bonds is 5. The van der Waals surface area contributed by atoms with Crippen molar-refractivity contribution in [1.82, 2.24) is 5.32 Å². The molecule has 1 N–H and O–H groups in total. The largest absolute Gasteiger partial charge is 0.488 e. The number of nitro groups is 1. The van der Waals surface area contributed by atoms with Crippen LogP contribution in [0, 0.1) is 17.0 Å². The van der Waals surface area contributed by atoms with Crippen molar-refractivity contribution in [3.05, 3.63) is 74.2 Å². The van der Waals surface area contributed by atoms with Crippen molar-refractivity contribution in [2.75, 3.05) is 0 Å². The molecule has 0 radical (unpaired) electrons. The molecule has 2 aromatic carbocycles. The van der Waals surface area contributed by atoms with Gasteiger partial charge in [0.1, 0.15) is 12.4 Å². The Morgan fingerprint density at radius 3 is 2.54 bits per heavy atom. The van der Waals surface area contributed by atoms with E-state index >= 15 is 0 Å². The lowest BCUT2D eigenvalue weighted by molar-refractivity contribution is -0.384. The first kappa shape index (κ1) is 17.7. The Morgan fingerprint density at radius 2 is 1.92 bits per heavy atom. The Labute approximate surface area is 153 Å². The molecular weight excluding hydrogens is 356 g/mol. The molecule has 0 aromatic heterocycles. The highest BCUT2D eigenvalue weighted by molar-refractivity contribution is 8.18. The maximum absolute atomic E-state index is 11.7. The summed E-state index contributed by atoms with van der Waals surface area (Å²) in [4.78, 5) is 33.7. The van der Waals surface area contributed by atoms with Gasteiger partial charge in [-0.2, -0.15) is 0 Å². The molecule has 26 heavy (non-hydrogen) atoms. The first-order valence-electron chi connectivity index (χ1n) is 7.64. The quantitative estimate of drug-likeness (QED) is 0.488. The van der Waals surface area contributed by atoms with Crippen molar-refractivity contribution in [3.63, 3.8) is 0 Å². The Kier molecular flexibility index (Phi) is 5.04. The number of hydrogen-bond donors (Lipinski definition) is 1. The summed E-state index contributed by atoms with van der Waals surface area (Å²) < 4.78 is 5.78. The van der Waals surface area contributed by atoms with Crippen LogP contribution in [0.4, 0.5) is 10.5 Å². The second-order valence-electron chi connectivity index (χ2n) is 5.61. The topological polar surface area (TPSA) is 98.5 Å². The summed E-state index contributed by atoms with van der Waals surface area (Å²) >= 11 is 0.744. The van der Waals surface area contributed by atoms with E-state index in [2.05, 4.69) is 5.32 Å². The highest BCUT2D eigenvalue weighted by Crippen LogP contribution is 2.31. The summed E-state index contributed by atoms with van der Waals surface area (Å²) in [6, 6.07) is 11.9. The maximum atomic E-state index is 11.7. The highest BCUT2D eigenvalue weighted by atomic mass is 32.2. The molecule has 1 heterocycles. The van der Waals surface area contributed by atoms with E-state index in [1.54, 1.807) is 0 Å². The molecule has 1 saturated heterocycles. The SMILES string of the molecule is Cc1ccc(COc2ccc([N+](=O)[O-])cc2/C=C2\SC(=O)NC2=O)cc1. The van der Waals surface area contributed by atoms with E-state index in [-0.39, 0.29) is 17.2 Å². The molecule has 0 aliphatic carbocycles. The lowest BCUT2D eigenvalue weighted by Crippen LogP contribution is -2.17. The molecule has 0 saturated carbocycles. The van der Waals surface area contributed by atoms with Gasteiger partial charge in [-0.3, -0.25) is 25.0 Å². The van der Waals surface area contributed by atoms with Crippen LogP contribution in [0.25, 0.3) is 6.08 Å². The molecule has 8 heteroatoms. The zero-order valence-corrected chi connectivity index (χ0v) is 14.5. The maximum Gasteiger partial charge on any atom is 0.290 e. The van der Waals surface area contributed by atoms with Gasteiger partial charge in [0, 0.05) is 17.7 Å². The molecule has 132 valence electrons. The van der Waals surface area contributed by atoms with Crippen molar-refractivity contribution < 1.29 is 19.2 Å². The number of nitro benzene ring substituents is 1. The zero-order chi connectivity index (χ0) is 18.7. The standard InChI is InChI=1S/C18H14N2O5S/c1-11-2-4-12(5-3-11)10-25-15-7-6-14(20(23)24)8-13(15)9-16-17(21)19-18(22)26-16/h2-9H,10H2,1H3,(H,19,21,22)/b16-9-. The van der Waals surface area contributed by atoms with Crippen LogP contribution < -0.4 is 10.1 Å². The van der Waals surface area contributed by atoms with Crippen molar-refractivity contribution in [3.8, 4) is 5.75 Å². The first-order valence-corrected chi connectivity index (χ1v) is 8.45. The number of benzene rings is 2. The number of amides is 2. The fourth-order valence-electron chi connectivity index (χ4n) is 2.30. The van der Waals surface area contributed by atoms with E-state index in [4.69, 9.17) is 4.74 Å². The number of imide groups is 1. The Morgan fingerprint density at radius 1 is 1.19 bits per heavy atom. The third-order valence-corrected chi connectivity index (χ3v) is 4.46. The van der Waals surface area contributed by atoms with Gasteiger partial charge >= 0.3 is 0 Å². The van der Waals surface area contributed by atoms with Gasteiger partial charge in [-0.1, -0.05) is 29.8 Å². The van der Waals surface area contributed by atoms with E-state index in [9.17, 15) is 19.7 Å². The minimum absolute atomic E-state index is 0.130. The monoisotopic (exact) mass is 370 g/mol. The first-order chi connectivity index (χ1) is 12.4. The van der Waals surface area contributed by atoms with Crippen LogP contribution in [0.15, 0.2) is 47.4 Å². The highest BCUT2D eigenvalue weighted by Gasteiger charge is 2.25. The molecule has 0 unspecified atom stereocenters. The molecule has 2 aromatic rings. The van der Waals surface area contributed by atoms with Gasteiger partial charge in [0.15, 0.2) is 0 Å². The number of carbonyl (C=O) groups is 2. The number of nitrogens with one attached hydrogen (secondary N) is 1. The van der Waals surface area contributed by atoms with E-state index < -0.39 is 16.1 Å². The molecular formula is C18H14N2O5S. The summed E-state index contributed by atoms with van der Waals surface area (Å²) in [5.41, 5.74) is 2.30. The predicted octanol–water partition coefficient (Wildman–Crippen LogP) is 3.81. The summed E-state index contributed by atoms with van der Waals surface area (Å²) in [5.74, 6) is -0.146. The zero-order valence-electron chi connectivity index (χ0n) is 13.7. The smallest absolute Gasteiger partial charge is 0.290 e. The average molecular weight is 370 g/mol. The third-order valence-electron chi connectivity index (χ3n) is 3.65. The summed E-state index contributed by atoms with van der Waals surface area (Å²) in [7, 11) is 0. The van der Waals surface area contributed by atoms with E-state index in [1.165, 1.54) is 24.3 Å². The van der Waals surface area contributed by atoms with Crippen molar-refractivity contribution in [2.24, 2.45) is 0 Å². The molecule has 0 atom stereocenters. The van der Waals surface area contributed by atoms with Gasteiger partial charge in [-0.25, -0.2) is 0 Å². The number of thioether (sulfide) groups is 1. The second-order valence-corrected chi connectivity index (χ2v) is 6.62. The minimum Gasteiger partial charge on any atom is -0.488 e. The summed E-state index contributed by atoms with van der Waals surface area (Å²) in [5, 5.41) is 12.7. The fourth-order valence-corrected chi connectivity index (χ4v) is 2.97. The van der Waals surface area contributed by atoms with Crippen LogP contribution in [-0.4, -0.2) is 16.1 Å². The summed E-state index contributed by atoms with van der Waals surface area (Å²) in [6.45, 7) is 2.25. The number of aryl methyl sites for hydroxylation is 1. The van der Waals surface area contributed by atoms with Crippen molar-refractivity contribution in [2.45, 2.75) is 13.5 Å². The number of hydrogen-bond acceptors (Lipinski definition) is 6. The fraction of sp³-hybridized carbons (Fsp3) is 0.111. The molecule has 1 aliphatic rings. The van der Waals surface area contributed by atoms with Crippen LogP contribution in [0.1, 0.15) is 16.7 Å². The molecule has 1 fully saturated rings. The Hall–Kier alpha value is -3.13. The summed E-state index contributed by atoms with van der Waals surface area (Å²) in [6.07, 6.45) is 1.42. The van der Waals surface area contributed by atoms with Crippen molar-refractivity contribution in [1.29, 1.82) is 0 Å². The third kappa shape index (κ3) is 4.09. The lowest BCUT2D eigenvalue weighted by Gasteiger charge is -2.10. The lowest BCUT2D eigenvalue weighted by atomic mass is 10.1. The van der Waals surface area contributed by atoms with Gasteiger partial charge in [-0.05, 0) is 36.4 Å². The normalized spacial score (nSPS) is 15.2. The molecule has 3 rings (SSSR count). The number of nitrogens with zero attached hydrogens (tertiary/aromatic N) is 1. The van der Waals surface area contributed by atoms with E-state index in [0.29, 0.717) is 11.3 Å². The number of ether oxygens (including phenoxy) is 1. The van der Waals surface area contributed by atoms with Crippen LogP contribution in [0.2, 0.25) is 0 Å². The molecule has 0 bridgehead atoms. The minimum atomic E-state index is -0.531. The molecule has 7 nitrogen and oxygen atoms in total. The van der Waals surface area contributed by atoms with Crippen LogP contribution in [0.5, 0.6) is 5.75 Å². The van der Waals surface area contributed by atoms with Gasteiger partial charge in [-0.15, -0.1) is 0 Å². The Balaban J connectivity index is 1.90. The van der Waals surface area contributed by atoms with Gasteiger partial charge in [0.05, 0.1) is 9.83 Å². The predicted molar refractivity (Wildman–Crippen MR) is 97.7 cm³/mol. The number of non-ortho nitro benzene ring substituents is 1. The van der Waals surface area contributed by atoms with E-state index in [1.807, 2.05) is 31.2 Å². The van der Waals surface area contributed by atoms with Crippen LogP contribution >= 0.6 is 11.8 Å². The number of carbonyl (C=O) groups excluding carboxylic acids is 2. The van der Waals surface area contributed by atoms with Gasteiger partial charge < -0.3 is 4.74 Å². The Bertz CT molecular complexity index is 922. The second kappa shape index (κ2) is 7.40. The molecule has 1 aliphatic heterocycles. The van der Waals surface area contributed by atoms with E-state index in [0.717, 1.165) is 22.9 Å². The molecule has 2 amide bonds. The van der Waals surface area contributed by atoms with Gasteiger partial charge in [0.25, 0.3) is 16.8 Å². The molecule has 0 spiro atoms. The van der Waals surface area contributed by atoms with Crippen LogP contribution in [-0.2, 0) is 11.4 Å². The van der Waals surface area contributed by atoms with Crippen molar-refractivity contribution >= 4 is 34.7 Å². The van der Waals surface area contributed by atoms with Gasteiger partial charge in [0.2, 0.25) is 0 Å². The van der Waals surface area contributed by atoms with Crippen LogP contribution in [0.3, 0.4) is 0 Å². The average Bonchev–Trinajstić information content (AvgIpc) is 2.92.